The first-order valence-electron chi connectivity index (χ1n) is 14.7. The summed E-state index contributed by atoms with van der Waals surface area (Å²) in [4.78, 5) is 21.5. The van der Waals surface area contributed by atoms with Crippen LogP contribution >= 0.6 is 0 Å². The summed E-state index contributed by atoms with van der Waals surface area (Å²) in [5, 5.41) is 0. The Labute approximate surface area is 254 Å². The Balaban J connectivity index is 1.44. The average molecular weight is 573 g/mol. The number of aliphatic imine (C=N–C) groups is 4. The van der Waals surface area contributed by atoms with E-state index in [-0.39, 0.29) is 0 Å². The third-order valence-electron chi connectivity index (χ3n) is 9.02. The standard InChI is InChI=1S/C36H28N8/c1-41-29-21-13-5-6-14-22(21)30(41)38-32-24-16-8-10-18-26(24)34(43(32)3)40-36-28-20-12-11-19-27(28)35(44(36)4)39-33-25-17-9-7-15-23(25)31(37-29)42(33)2/h5-20H,1-4H3/q+4. The molecule has 0 fully saturated rings. The molecule has 0 aliphatic carbocycles. The van der Waals surface area contributed by atoms with Crippen LogP contribution < -0.4 is 0 Å². The normalized spacial score (nSPS) is 17.7. The Morgan fingerprint density at radius 3 is 0.682 bits per heavy atom. The van der Waals surface area contributed by atoms with Crippen molar-refractivity contribution in [3.05, 3.63) is 142 Å². The van der Waals surface area contributed by atoms with Crippen molar-refractivity contribution in [2.75, 3.05) is 28.2 Å². The summed E-state index contributed by atoms with van der Waals surface area (Å²) >= 11 is 0. The molecule has 0 radical (unpaired) electrons. The molecule has 0 saturated carbocycles. The van der Waals surface area contributed by atoms with Crippen molar-refractivity contribution in [3.8, 4) is 0 Å². The lowest BCUT2D eigenvalue weighted by molar-refractivity contribution is -0.378. The fourth-order valence-electron chi connectivity index (χ4n) is 6.82. The molecule has 5 heterocycles. The predicted molar refractivity (Wildman–Crippen MR) is 173 cm³/mol. The highest BCUT2D eigenvalue weighted by Gasteiger charge is 2.42. The van der Waals surface area contributed by atoms with Crippen molar-refractivity contribution in [1.29, 1.82) is 0 Å². The molecule has 0 saturated heterocycles. The van der Waals surface area contributed by atoms with Gasteiger partial charge in [0, 0.05) is 0 Å². The van der Waals surface area contributed by atoms with Gasteiger partial charge in [0.05, 0.1) is 72.7 Å². The average Bonchev–Trinajstić information content (AvgIpc) is 3.67. The van der Waals surface area contributed by atoms with Gasteiger partial charge >= 0.3 is 0 Å². The highest BCUT2D eigenvalue weighted by atomic mass is 15.3. The van der Waals surface area contributed by atoms with E-state index in [2.05, 4.69) is 115 Å². The molecule has 8 heteroatoms. The van der Waals surface area contributed by atoms with Crippen LogP contribution in [0.1, 0.15) is 44.5 Å². The van der Waals surface area contributed by atoms with Gasteiger partial charge in [0.2, 0.25) is 0 Å². The molecular weight excluding hydrogens is 544 g/mol. The fourth-order valence-corrected chi connectivity index (χ4v) is 6.82. The SMILES string of the molecule is C[N+]1=C2N=C3c4ccccc4C(=[N+]3C)N=C3c4ccccc4C(=[N+]3C)N=C3c4ccccc4C(=[N+]3C)N=C1c1ccccc12. The summed E-state index contributed by atoms with van der Waals surface area (Å²) in [6.45, 7) is 0. The van der Waals surface area contributed by atoms with Gasteiger partial charge in [0.15, 0.2) is 0 Å². The maximum atomic E-state index is 5.37. The second-order valence-electron chi connectivity index (χ2n) is 11.5. The van der Waals surface area contributed by atoms with Crippen molar-refractivity contribution in [2.45, 2.75) is 0 Å². The van der Waals surface area contributed by atoms with Crippen LogP contribution in [0.3, 0.4) is 0 Å². The van der Waals surface area contributed by atoms with E-state index in [0.717, 1.165) is 91.2 Å². The second kappa shape index (κ2) is 8.87. The Bertz CT molecular complexity index is 1980. The molecule has 9 rings (SSSR count). The van der Waals surface area contributed by atoms with Crippen LogP contribution in [0, 0.1) is 0 Å². The number of benzene rings is 4. The zero-order valence-electron chi connectivity index (χ0n) is 24.8. The van der Waals surface area contributed by atoms with Crippen LogP contribution in [0.15, 0.2) is 117 Å². The van der Waals surface area contributed by atoms with Crippen molar-refractivity contribution in [1.82, 2.24) is 0 Å². The van der Waals surface area contributed by atoms with Crippen LogP contribution in [0.5, 0.6) is 0 Å². The minimum atomic E-state index is 0.847. The minimum absolute atomic E-state index is 0.847. The molecule has 8 bridgehead atoms. The molecule has 208 valence electrons. The van der Waals surface area contributed by atoms with E-state index in [1.54, 1.807) is 0 Å². The zero-order valence-corrected chi connectivity index (χ0v) is 24.8. The van der Waals surface area contributed by atoms with Crippen LogP contribution in [0.4, 0.5) is 0 Å². The lowest BCUT2D eigenvalue weighted by Gasteiger charge is -2.01. The Kier molecular flexibility index (Phi) is 5.00. The Morgan fingerprint density at radius 1 is 0.295 bits per heavy atom. The van der Waals surface area contributed by atoms with Gasteiger partial charge in [-0.25, -0.2) is 18.3 Å². The monoisotopic (exact) mass is 572 g/mol. The quantitative estimate of drug-likeness (QED) is 0.290. The summed E-state index contributed by atoms with van der Waals surface area (Å²) in [5.41, 5.74) is 8.35. The molecular formula is C36H28N8+4. The third kappa shape index (κ3) is 3.22. The minimum Gasteiger partial charge on any atom is -0.229 e. The van der Waals surface area contributed by atoms with Crippen LogP contribution in [-0.4, -0.2) is 93.2 Å². The van der Waals surface area contributed by atoms with Crippen molar-refractivity contribution in [3.63, 3.8) is 0 Å². The van der Waals surface area contributed by atoms with Gasteiger partial charge in [-0.3, -0.25) is 0 Å². The van der Waals surface area contributed by atoms with E-state index >= 15 is 0 Å². The van der Waals surface area contributed by atoms with Crippen molar-refractivity contribution in [2.24, 2.45) is 20.0 Å². The van der Waals surface area contributed by atoms with Crippen molar-refractivity contribution >= 4 is 46.7 Å². The molecule has 5 aliphatic heterocycles. The molecule has 0 unspecified atom stereocenters. The zero-order chi connectivity index (χ0) is 29.7. The molecule has 0 aromatic heterocycles. The Morgan fingerprint density at radius 2 is 0.477 bits per heavy atom. The van der Waals surface area contributed by atoms with E-state index in [1.165, 1.54) is 0 Å². The first kappa shape index (κ1) is 24.8. The number of hydrogen-bond donors (Lipinski definition) is 0. The fraction of sp³-hybridized carbons (Fsp3) is 0.111. The number of hydrogen-bond acceptors (Lipinski definition) is 4. The summed E-state index contributed by atoms with van der Waals surface area (Å²) < 4.78 is 8.41. The van der Waals surface area contributed by atoms with Gasteiger partial charge in [0.1, 0.15) is 0 Å². The predicted octanol–water partition coefficient (Wildman–Crippen LogP) is 3.40. The number of amidine groups is 8. The summed E-state index contributed by atoms with van der Waals surface area (Å²) in [7, 11) is 8.19. The van der Waals surface area contributed by atoms with Gasteiger partial charge in [-0.2, -0.15) is 0 Å². The second-order valence-corrected chi connectivity index (χ2v) is 11.5. The summed E-state index contributed by atoms with van der Waals surface area (Å²) in [6, 6.07) is 33.5. The van der Waals surface area contributed by atoms with E-state index in [9.17, 15) is 0 Å². The molecule has 0 atom stereocenters. The van der Waals surface area contributed by atoms with Gasteiger partial charge < -0.3 is 0 Å². The molecule has 5 aliphatic rings. The largest absolute Gasteiger partial charge is 0.274 e. The lowest BCUT2D eigenvalue weighted by Crippen LogP contribution is -2.25. The molecule has 4 aromatic carbocycles. The topological polar surface area (TPSA) is 61.5 Å². The maximum absolute atomic E-state index is 5.37. The molecule has 4 aromatic rings. The van der Waals surface area contributed by atoms with Gasteiger partial charge in [0.25, 0.3) is 46.7 Å². The van der Waals surface area contributed by atoms with Gasteiger partial charge in [-0.1, -0.05) is 68.5 Å². The molecule has 0 N–H and O–H groups in total. The number of fused-ring (bicyclic) bond motifs is 16. The van der Waals surface area contributed by atoms with E-state index in [1.807, 2.05) is 28.2 Å². The van der Waals surface area contributed by atoms with Gasteiger partial charge in [-0.15, -0.1) is 0 Å². The van der Waals surface area contributed by atoms with E-state index < -0.39 is 0 Å². The number of rotatable bonds is 0. The summed E-state index contributed by atoms with van der Waals surface area (Å²) in [5.74, 6) is 6.77. The van der Waals surface area contributed by atoms with E-state index in [4.69, 9.17) is 20.0 Å². The smallest absolute Gasteiger partial charge is 0.229 e. The molecule has 0 amide bonds. The Hall–Kier alpha value is -5.76. The molecule has 8 nitrogen and oxygen atoms in total. The maximum Gasteiger partial charge on any atom is 0.274 e. The van der Waals surface area contributed by atoms with Crippen LogP contribution in [-0.2, 0) is 0 Å². The van der Waals surface area contributed by atoms with E-state index in [0.29, 0.717) is 0 Å². The van der Waals surface area contributed by atoms with Crippen LogP contribution in [0.25, 0.3) is 0 Å². The van der Waals surface area contributed by atoms with Crippen LogP contribution in [0.2, 0.25) is 0 Å². The van der Waals surface area contributed by atoms with Gasteiger partial charge in [-0.05, 0) is 48.5 Å². The first-order valence-corrected chi connectivity index (χ1v) is 14.7. The highest BCUT2D eigenvalue weighted by molar-refractivity contribution is 6.27. The molecule has 44 heavy (non-hydrogen) atoms. The van der Waals surface area contributed by atoms with Crippen molar-refractivity contribution < 1.29 is 18.3 Å². The molecule has 0 spiro atoms. The number of nitrogens with zero attached hydrogens (tertiary/aromatic N) is 8. The summed E-state index contributed by atoms with van der Waals surface area (Å²) in [6.07, 6.45) is 0. The lowest BCUT2D eigenvalue weighted by atomic mass is 10.1. The highest BCUT2D eigenvalue weighted by Crippen LogP contribution is 2.28. The first-order chi connectivity index (χ1) is 21.5. The third-order valence-corrected chi connectivity index (χ3v) is 9.02.